The number of rotatable bonds is 4. The van der Waals surface area contributed by atoms with E-state index in [9.17, 15) is 5.48 Å². The molecule has 1 heteroatoms. The van der Waals surface area contributed by atoms with Crippen LogP contribution in [0.25, 0.3) is 88.0 Å². The fourth-order valence-electron chi connectivity index (χ4n) is 6.16. The van der Waals surface area contributed by atoms with Gasteiger partial charge in [-0.2, -0.15) is 0 Å². The Morgan fingerprint density at radius 1 is 0.333 bits per heavy atom. The van der Waals surface area contributed by atoms with Gasteiger partial charge in [-0.3, -0.25) is 0 Å². The molecule has 45 heavy (non-hydrogen) atoms. The lowest BCUT2D eigenvalue weighted by molar-refractivity contribution is 0.669. The van der Waals surface area contributed by atoms with E-state index >= 15 is 0 Å². The van der Waals surface area contributed by atoms with Crippen LogP contribution in [0.15, 0.2) is 174 Å². The molecule has 0 unspecified atom stereocenters. The first-order valence-corrected chi connectivity index (χ1v) is 14.4. The fourth-order valence-corrected chi connectivity index (χ4v) is 6.16. The predicted octanol–water partition coefficient (Wildman–Crippen LogP) is 12.6. The van der Waals surface area contributed by atoms with Crippen molar-refractivity contribution in [2.75, 3.05) is 0 Å². The molecule has 0 aliphatic rings. The molecule has 8 aromatic carbocycles. The maximum Gasteiger partial charge on any atom is 0.136 e. The van der Waals surface area contributed by atoms with Crippen molar-refractivity contribution in [3.05, 3.63) is 170 Å². The summed E-state index contributed by atoms with van der Waals surface area (Å²) in [5.41, 5.74) is 4.58. The van der Waals surface area contributed by atoms with Gasteiger partial charge in [-0.1, -0.05) is 139 Å². The van der Waals surface area contributed by atoms with E-state index in [1.807, 2.05) is 72.8 Å². The van der Waals surface area contributed by atoms with Gasteiger partial charge in [0.15, 0.2) is 0 Å². The largest absolute Gasteiger partial charge is 0.456 e. The Morgan fingerprint density at radius 2 is 0.889 bits per heavy atom. The van der Waals surface area contributed by atoms with Crippen molar-refractivity contribution in [3.63, 3.8) is 0 Å². The molecule has 0 saturated carbocycles. The molecule has 1 aromatic heterocycles. The first-order valence-electron chi connectivity index (χ1n) is 20.9. The maximum absolute atomic E-state index is 9.24. The Hall–Kier alpha value is -5.92. The Kier molecular flexibility index (Phi) is 3.62. The molecule has 0 saturated heterocycles. The Balaban J connectivity index is 1.37. The van der Waals surface area contributed by atoms with E-state index in [2.05, 4.69) is 0 Å². The second-order valence-electron chi connectivity index (χ2n) is 10.7. The van der Waals surface area contributed by atoms with Gasteiger partial charge >= 0.3 is 0 Å². The van der Waals surface area contributed by atoms with Gasteiger partial charge in [0.1, 0.15) is 11.2 Å². The second-order valence-corrected chi connectivity index (χ2v) is 10.7. The lowest BCUT2D eigenvalue weighted by atomic mass is 9.85. The molecule has 1 nitrogen and oxygen atoms in total. The van der Waals surface area contributed by atoms with Crippen LogP contribution in [0.2, 0.25) is 0 Å². The molecule has 0 atom stereocenters. The van der Waals surface area contributed by atoms with Crippen LogP contribution < -0.4 is 0 Å². The van der Waals surface area contributed by atoms with E-state index in [1.54, 1.807) is 18.2 Å². The molecule has 210 valence electrons. The van der Waals surface area contributed by atoms with Crippen LogP contribution in [0, 0.1) is 0 Å². The van der Waals surface area contributed by atoms with Crippen molar-refractivity contribution in [3.8, 4) is 44.5 Å². The Morgan fingerprint density at radius 3 is 1.60 bits per heavy atom. The molecule has 0 fully saturated rings. The lowest BCUT2D eigenvalue weighted by Gasteiger charge is -2.18. The van der Waals surface area contributed by atoms with Crippen molar-refractivity contribution in [1.82, 2.24) is 0 Å². The highest BCUT2D eigenvalue weighted by Crippen LogP contribution is 2.44. The van der Waals surface area contributed by atoms with E-state index in [0.717, 1.165) is 27.5 Å². The predicted molar refractivity (Wildman–Crippen MR) is 190 cm³/mol. The number of benzene rings is 8. The molecule has 0 bridgehead atoms. The third kappa shape index (κ3) is 4.24. The first kappa shape index (κ1) is 15.7. The van der Waals surface area contributed by atoms with Crippen molar-refractivity contribution < 1.29 is 22.2 Å². The molecule has 0 aliphatic carbocycles. The van der Waals surface area contributed by atoms with Crippen LogP contribution in [0.4, 0.5) is 0 Å². The monoisotopic (exact) mass is 585 g/mol. The number of fused-ring (bicyclic) bond motifs is 5. The van der Waals surface area contributed by atoms with E-state index < -0.39 is 84.1 Å². The second kappa shape index (κ2) is 10.4. The van der Waals surface area contributed by atoms with Gasteiger partial charge in [-0.25, -0.2) is 0 Å². The fraction of sp³-hybridized carbons (Fsp3) is 0. The van der Waals surface area contributed by atoms with Crippen LogP contribution in [0.5, 0.6) is 0 Å². The van der Waals surface area contributed by atoms with Crippen molar-refractivity contribution in [1.29, 1.82) is 0 Å². The summed E-state index contributed by atoms with van der Waals surface area (Å²) >= 11 is 0. The highest BCUT2D eigenvalue weighted by molar-refractivity contribution is 6.21. The molecule has 1 heterocycles. The van der Waals surface area contributed by atoms with Gasteiger partial charge in [0.05, 0.1) is 17.8 Å². The van der Waals surface area contributed by atoms with Crippen molar-refractivity contribution >= 4 is 43.5 Å². The van der Waals surface area contributed by atoms with E-state index in [0.29, 0.717) is 22.3 Å². The van der Waals surface area contributed by atoms with Gasteiger partial charge in [0.2, 0.25) is 0 Å². The molecule has 0 aliphatic heterocycles. The smallest absolute Gasteiger partial charge is 0.136 e. The zero-order valence-corrected chi connectivity index (χ0v) is 23.6. The van der Waals surface area contributed by atoms with Crippen molar-refractivity contribution in [2.45, 2.75) is 0 Å². The van der Waals surface area contributed by atoms with Crippen LogP contribution in [0.3, 0.4) is 0 Å². The summed E-state index contributed by atoms with van der Waals surface area (Å²) < 4.78 is 121. The lowest BCUT2D eigenvalue weighted by Crippen LogP contribution is -1.91. The number of hydrogen-bond donors (Lipinski definition) is 0. The Bertz CT molecular complexity index is 3150. The zero-order chi connectivity index (χ0) is 41.1. The van der Waals surface area contributed by atoms with Gasteiger partial charge in [-0.05, 0) is 96.4 Å². The average Bonchev–Trinajstić information content (AvgIpc) is 3.61. The third-order valence-electron chi connectivity index (χ3n) is 8.19. The maximum atomic E-state index is 9.24. The number of hydrogen-bond acceptors (Lipinski definition) is 1. The summed E-state index contributed by atoms with van der Waals surface area (Å²) in [6.07, 6.45) is 0. The molecule has 0 amide bonds. The zero-order valence-electron chi connectivity index (χ0n) is 36.6. The summed E-state index contributed by atoms with van der Waals surface area (Å²) in [7, 11) is 0. The van der Waals surface area contributed by atoms with E-state index in [-0.39, 0.29) is 32.7 Å². The van der Waals surface area contributed by atoms with Gasteiger partial charge in [-0.15, -0.1) is 0 Å². The molecule has 0 N–H and O–H groups in total. The first-order chi connectivity index (χ1) is 27.7. The van der Waals surface area contributed by atoms with Crippen LogP contribution >= 0.6 is 0 Å². The summed E-state index contributed by atoms with van der Waals surface area (Å²) in [5.74, 6) is 0. The SMILES string of the molecule is [2H]c1c([2H])c([2H])c(-c2c3c([2H])c([2H])c([2H])c([2H])c3c(-c3cccc(-c4ccc5oc6cc(-c7ccccc7)ccc6c5c4)c3)c3c([2H])c([2H])c([2H])c([2H])c23)c([2H])c1[2H]. The van der Waals surface area contributed by atoms with Gasteiger partial charge in [0, 0.05) is 10.8 Å². The summed E-state index contributed by atoms with van der Waals surface area (Å²) in [6.45, 7) is 0. The molecule has 9 aromatic rings. The Labute approximate surface area is 279 Å². The van der Waals surface area contributed by atoms with E-state index in [4.69, 9.17) is 16.8 Å². The third-order valence-corrected chi connectivity index (χ3v) is 8.19. The molecular weight excluding hydrogens is 544 g/mol. The molecule has 9 rings (SSSR count). The van der Waals surface area contributed by atoms with Crippen LogP contribution in [0.1, 0.15) is 17.8 Å². The number of furan rings is 1. The van der Waals surface area contributed by atoms with E-state index in [1.165, 1.54) is 0 Å². The van der Waals surface area contributed by atoms with Crippen LogP contribution in [-0.4, -0.2) is 0 Å². The highest BCUT2D eigenvalue weighted by atomic mass is 16.3. The topological polar surface area (TPSA) is 13.1 Å². The summed E-state index contributed by atoms with van der Waals surface area (Å²) in [6, 6.07) is 20.5. The quantitative estimate of drug-likeness (QED) is 0.187. The normalized spacial score (nSPS) is 15.6. The minimum atomic E-state index is -0.713. The summed E-state index contributed by atoms with van der Waals surface area (Å²) in [4.78, 5) is 0. The minimum absolute atomic E-state index is 0.0743. The molecular formula is C44H28O. The van der Waals surface area contributed by atoms with Crippen LogP contribution in [-0.2, 0) is 0 Å². The minimum Gasteiger partial charge on any atom is -0.456 e. The van der Waals surface area contributed by atoms with Gasteiger partial charge < -0.3 is 4.42 Å². The van der Waals surface area contributed by atoms with Crippen molar-refractivity contribution in [2.24, 2.45) is 0 Å². The molecule has 0 spiro atoms. The standard InChI is InChI=1S/C44H28O/c1-3-12-29(13-4-1)33-22-24-35-40-27-32(23-25-41(40)45-42(35)28-33)31-16-11-17-34(26-31)44-38-20-9-7-18-36(38)43(30-14-5-2-6-15-30)37-19-8-10-21-39(37)44/h1-28H/i2D,5D,6D,7D,8D,9D,10D,14D,15D,18D,19D,20D,21D. The molecule has 0 radical (unpaired) electrons. The highest BCUT2D eigenvalue weighted by Gasteiger charge is 2.17. The summed E-state index contributed by atoms with van der Waals surface area (Å²) in [5, 5.41) is 1.01. The van der Waals surface area contributed by atoms with Gasteiger partial charge in [0.25, 0.3) is 0 Å². The average molecular weight is 586 g/mol.